The molecule has 0 amide bonds. The van der Waals surface area contributed by atoms with Gasteiger partial charge in [-0.2, -0.15) is 0 Å². The molecule has 5 nitrogen and oxygen atoms in total. The second-order valence-electron chi connectivity index (χ2n) is 5.83. The highest BCUT2D eigenvalue weighted by Gasteiger charge is 2.34. The van der Waals surface area contributed by atoms with Gasteiger partial charge in [-0.25, -0.2) is 9.59 Å². The Morgan fingerprint density at radius 3 is 2.36 bits per heavy atom. The van der Waals surface area contributed by atoms with Crippen LogP contribution in [0.4, 0.5) is 0 Å². The Hall–Kier alpha value is -2.56. The maximum atomic E-state index is 12.7. The third-order valence-corrected chi connectivity index (χ3v) is 3.91. The first-order chi connectivity index (χ1) is 12.0. The van der Waals surface area contributed by atoms with Gasteiger partial charge < -0.3 is 14.2 Å². The Morgan fingerprint density at radius 2 is 1.76 bits per heavy atom. The lowest BCUT2D eigenvalue weighted by Gasteiger charge is -2.08. The van der Waals surface area contributed by atoms with Gasteiger partial charge >= 0.3 is 11.9 Å². The first-order valence-corrected chi connectivity index (χ1v) is 8.41. The standard InChI is InChI=1S/C20H24O5/c1-6-10-25-20(22)16-14-9-8-12(3)11-13(4)15(14)17(19(21)23-5)18(16)24-7-2/h8-9,11H,6-7,10H2,1-5H3. The van der Waals surface area contributed by atoms with Crippen LogP contribution in [0.2, 0.25) is 0 Å². The van der Waals surface area contributed by atoms with E-state index in [0.29, 0.717) is 30.8 Å². The van der Waals surface area contributed by atoms with Crippen LogP contribution in [-0.4, -0.2) is 32.3 Å². The van der Waals surface area contributed by atoms with Crippen LogP contribution < -0.4 is 4.74 Å². The number of carbonyl (C=O) groups excluding carboxylic acids is 2. The molecule has 0 aromatic rings. The molecule has 0 N–H and O–H groups in total. The van der Waals surface area contributed by atoms with E-state index in [1.165, 1.54) is 7.11 Å². The van der Waals surface area contributed by atoms with Crippen molar-refractivity contribution < 1.29 is 23.8 Å². The largest absolute Gasteiger partial charge is 0.492 e. The van der Waals surface area contributed by atoms with Crippen LogP contribution in [0.15, 0.2) is 18.2 Å². The highest BCUT2D eigenvalue weighted by Crippen LogP contribution is 2.44. The SMILES string of the molecule is CCCOC(=O)c1c2ccc(C)cc(C)c-2c(C(=O)OC)c1OCC. The molecule has 5 heteroatoms. The average Bonchev–Trinajstić information content (AvgIpc) is 2.83. The monoisotopic (exact) mass is 344 g/mol. The fourth-order valence-corrected chi connectivity index (χ4v) is 2.93. The third kappa shape index (κ3) is 3.60. The molecule has 0 spiro atoms. The molecule has 0 aliphatic heterocycles. The zero-order chi connectivity index (χ0) is 18.6. The van der Waals surface area contributed by atoms with E-state index in [9.17, 15) is 9.59 Å². The highest BCUT2D eigenvalue weighted by atomic mass is 16.5. The van der Waals surface area contributed by atoms with Crippen LogP contribution in [0.5, 0.6) is 5.75 Å². The molecular formula is C20H24O5. The Balaban J connectivity index is 2.85. The minimum Gasteiger partial charge on any atom is -0.492 e. The number of rotatable bonds is 6. The van der Waals surface area contributed by atoms with Crippen molar-refractivity contribution in [3.63, 3.8) is 0 Å². The summed E-state index contributed by atoms with van der Waals surface area (Å²) < 4.78 is 16.0. The molecule has 0 atom stereocenters. The summed E-state index contributed by atoms with van der Waals surface area (Å²) in [6.07, 6.45) is 0.712. The van der Waals surface area contributed by atoms with Gasteiger partial charge in [-0.3, -0.25) is 0 Å². The van der Waals surface area contributed by atoms with Gasteiger partial charge in [0.1, 0.15) is 16.9 Å². The molecule has 0 bridgehead atoms. The molecule has 2 rings (SSSR count). The molecule has 0 saturated carbocycles. The highest BCUT2D eigenvalue weighted by molar-refractivity contribution is 6.13. The molecule has 2 aliphatic rings. The summed E-state index contributed by atoms with van der Waals surface area (Å²) in [5, 5.41) is 0. The number of methoxy groups -OCH3 is 1. The van der Waals surface area contributed by atoms with Crippen LogP contribution in [0, 0.1) is 13.8 Å². The van der Waals surface area contributed by atoms with E-state index >= 15 is 0 Å². The number of hydrogen-bond acceptors (Lipinski definition) is 5. The van der Waals surface area contributed by atoms with Crippen molar-refractivity contribution in [3.05, 3.63) is 40.5 Å². The predicted octanol–water partition coefficient (Wildman–Crippen LogP) is 4.16. The number of fused-ring (bicyclic) bond motifs is 1. The van der Waals surface area contributed by atoms with Crippen LogP contribution in [-0.2, 0) is 9.47 Å². The average molecular weight is 344 g/mol. The second-order valence-corrected chi connectivity index (χ2v) is 5.83. The second kappa shape index (κ2) is 8.01. The van der Waals surface area contributed by atoms with E-state index in [4.69, 9.17) is 14.2 Å². The lowest BCUT2D eigenvalue weighted by Crippen LogP contribution is -2.09. The summed E-state index contributed by atoms with van der Waals surface area (Å²) in [6, 6.07) is 5.70. The van der Waals surface area contributed by atoms with Crippen molar-refractivity contribution >= 4 is 11.9 Å². The van der Waals surface area contributed by atoms with Crippen LogP contribution in [0.25, 0.3) is 11.1 Å². The summed E-state index contributed by atoms with van der Waals surface area (Å²) >= 11 is 0. The molecule has 0 saturated heterocycles. The van der Waals surface area contributed by atoms with Crippen LogP contribution >= 0.6 is 0 Å². The van der Waals surface area contributed by atoms with E-state index < -0.39 is 11.9 Å². The van der Waals surface area contributed by atoms with E-state index in [-0.39, 0.29) is 16.9 Å². The summed E-state index contributed by atoms with van der Waals surface area (Å²) in [7, 11) is 1.31. The van der Waals surface area contributed by atoms with Gasteiger partial charge in [0.25, 0.3) is 0 Å². The minimum atomic E-state index is -0.532. The number of carbonyl (C=O) groups is 2. The Bertz CT molecular complexity index is 763. The maximum Gasteiger partial charge on any atom is 0.342 e. The van der Waals surface area contributed by atoms with E-state index in [1.807, 2.05) is 39.0 Å². The van der Waals surface area contributed by atoms with Crippen molar-refractivity contribution in [2.45, 2.75) is 34.1 Å². The third-order valence-electron chi connectivity index (χ3n) is 3.91. The predicted molar refractivity (Wildman–Crippen MR) is 95.6 cm³/mol. The number of hydrogen-bond donors (Lipinski definition) is 0. The number of aryl methyl sites for hydroxylation is 2. The number of ether oxygens (including phenoxy) is 3. The van der Waals surface area contributed by atoms with E-state index in [2.05, 4.69) is 0 Å². The summed E-state index contributed by atoms with van der Waals surface area (Å²) in [5.41, 5.74) is 3.74. The molecule has 134 valence electrons. The van der Waals surface area contributed by atoms with Crippen molar-refractivity contribution in [2.24, 2.45) is 0 Å². The fraction of sp³-hybridized carbons (Fsp3) is 0.400. The molecule has 0 fully saturated rings. The quantitative estimate of drug-likeness (QED) is 0.736. The fourth-order valence-electron chi connectivity index (χ4n) is 2.93. The lowest BCUT2D eigenvalue weighted by atomic mass is 10.0. The molecule has 0 aromatic heterocycles. The van der Waals surface area contributed by atoms with Gasteiger partial charge in [0.2, 0.25) is 0 Å². The zero-order valence-corrected chi connectivity index (χ0v) is 15.4. The van der Waals surface area contributed by atoms with Crippen molar-refractivity contribution in [3.8, 4) is 16.9 Å². The molecule has 25 heavy (non-hydrogen) atoms. The molecule has 0 unspecified atom stereocenters. The topological polar surface area (TPSA) is 61.8 Å². The molecular weight excluding hydrogens is 320 g/mol. The number of esters is 2. The Morgan fingerprint density at radius 1 is 1.04 bits per heavy atom. The van der Waals surface area contributed by atoms with E-state index in [1.54, 1.807) is 6.92 Å². The molecule has 0 heterocycles. The first-order valence-electron chi connectivity index (χ1n) is 8.41. The van der Waals surface area contributed by atoms with Gasteiger partial charge in [-0.15, -0.1) is 0 Å². The van der Waals surface area contributed by atoms with E-state index in [0.717, 1.165) is 11.1 Å². The van der Waals surface area contributed by atoms with Crippen LogP contribution in [0.3, 0.4) is 0 Å². The van der Waals surface area contributed by atoms with Gasteiger partial charge in [0.15, 0.2) is 0 Å². The minimum absolute atomic E-state index is 0.234. The van der Waals surface area contributed by atoms with Crippen molar-refractivity contribution in [2.75, 3.05) is 20.3 Å². The van der Waals surface area contributed by atoms with Crippen LogP contribution in [0.1, 0.15) is 52.1 Å². The Kier molecular flexibility index (Phi) is 6.02. The summed E-state index contributed by atoms with van der Waals surface area (Å²) in [6.45, 7) is 8.21. The summed E-state index contributed by atoms with van der Waals surface area (Å²) in [4.78, 5) is 25.1. The Labute approximate surface area is 148 Å². The maximum absolute atomic E-state index is 12.7. The van der Waals surface area contributed by atoms with Gasteiger partial charge in [0.05, 0.1) is 20.3 Å². The molecule has 2 aliphatic carbocycles. The molecule has 0 radical (unpaired) electrons. The van der Waals surface area contributed by atoms with Gasteiger partial charge in [-0.05, 0) is 32.8 Å². The van der Waals surface area contributed by atoms with Gasteiger partial charge in [-0.1, -0.05) is 30.7 Å². The lowest BCUT2D eigenvalue weighted by molar-refractivity contribution is 0.0502. The summed E-state index contributed by atoms with van der Waals surface area (Å²) in [5.74, 6) is -0.791. The smallest absolute Gasteiger partial charge is 0.342 e. The van der Waals surface area contributed by atoms with Crippen molar-refractivity contribution in [1.82, 2.24) is 0 Å². The normalized spacial score (nSPS) is 10.6. The molecule has 0 aromatic carbocycles. The van der Waals surface area contributed by atoms with Crippen molar-refractivity contribution in [1.29, 1.82) is 0 Å². The van der Waals surface area contributed by atoms with Gasteiger partial charge in [0, 0.05) is 11.1 Å². The first kappa shape index (κ1) is 18.8. The zero-order valence-electron chi connectivity index (χ0n) is 15.4.